The Morgan fingerprint density at radius 1 is 1.16 bits per heavy atom. The minimum absolute atomic E-state index is 0.00409. The molecular weight excluding hydrogens is 263 g/mol. The lowest BCUT2D eigenvalue weighted by molar-refractivity contribution is 0.0965. The molecule has 3 heteroatoms. The van der Waals surface area contributed by atoms with E-state index in [4.69, 9.17) is 11.6 Å². The van der Waals surface area contributed by atoms with Crippen molar-refractivity contribution in [2.75, 3.05) is 0 Å². The van der Waals surface area contributed by atoms with Crippen LogP contribution in [0, 0.1) is 11.7 Å². The van der Waals surface area contributed by atoms with Crippen molar-refractivity contribution in [3.8, 4) is 0 Å². The average Bonchev–Trinajstić information content (AvgIpc) is 3.22. The summed E-state index contributed by atoms with van der Waals surface area (Å²) in [5.74, 6) is -0.288. The number of ketones is 1. The number of Topliss-reactive ketones (excluding diaryl/α,β-unsaturated/α-hetero) is 1. The van der Waals surface area contributed by atoms with Crippen LogP contribution in [0.4, 0.5) is 4.39 Å². The average molecular weight is 275 g/mol. The topological polar surface area (TPSA) is 17.1 Å². The van der Waals surface area contributed by atoms with E-state index >= 15 is 0 Å². The van der Waals surface area contributed by atoms with Crippen LogP contribution in [0.3, 0.4) is 0 Å². The lowest BCUT2D eigenvalue weighted by Crippen LogP contribution is -2.03. The molecule has 3 rings (SSSR count). The Morgan fingerprint density at radius 3 is 2.58 bits per heavy atom. The second kappa shape index (κ2) is 4.78. The first-order valence-corrected chi connectivity index (χ1v) is 6.59. The van der Waals surface area contributed by atoms with Crippen LogP contribution < -0.4 is 0 Å². The summed E-state index contributed by atoms with van der Waals surface area (Å²) in [6.45, 7) is 0. The Morgan fingerprint density at radius 2 is 1.89 bits per heavy atom. The van der Waals surface area contributed by atoms with Gasteiger partial charge < -0.3 is 0 Å². The molecular formula is C16H12ClFO. The zero-order valence-electron chi connectivity index (χ0n) is 10.1. The third-order valence-electron chi connectivity index (χ3n) is 3.56. The van der Waals surface area contributed by atoms with Gasteiger partial charge in [0, 0.05) is 11.5 Å². The Balaban J connectivity index is 1.78. The van der Waals surface area contributed by atoms with Gasteiger partial charge in [0.05, 0.1) is 5.02 Å². The molecule has 1 fully saturated rings. The van der Waals surface area contributed by atoms with Gasteiger partial charge in [-0.1, -0.05) is 41.9 Å². The molecule has 0 saturated heterocycles. The largest absolute Gasteiger partial charge is 0.294 e. The van der Waals surface area contributed by atoms with Crippen molar-refractivity contribution in [1.82, 2.24) is 0 Å². The molecule has 1 aliphatic carbocycles. The van der Waals surface area contributed by atoms with Crippen LogP contribution in [-0.4, -0.2) is 5.78 Å². The molecule has 0 heterocycles. The van der Waals surface area contributed by atoms with Crippen LogP contribution in [0.15, 0.2) is 48.5 Å². The van der Waals surface area contributed by atoms with E-state index in [1.54, 1.807) is 6.07 Å². The third-order valence-corrected chi connectivity index (χ3v) is 3.87. The third kappa shape index (κ3) is 2.41. The standard InChI is InChI=1S/C16H12ClFO/c17-14-7-6-11(8-15(14)18)16(19)13-9-12(13)10-4-2-1-3-5-10/h1-8,12-13H,9H2. The molecule has 0 aromatic heterocycles. The van der Waals surface area contributed by atoms with E-state index in [1.165, 1.54) is 17.7 Å². The van der Waals surface area contributed by atoms with Crippen molar-refractivity contribution >= 4 is 17.4 Å². The zero-order chi connectivity index (χ0) is 13.4. The lowest BCUT2D eigenvalue weighted by Gasteiger charge is -2.02. The molecule has 19 heavy (non-hydrogen) atoms. The summed E-state index contributed by atoms with van der Waals surface area (Å²) in [5.41, 5.74) is 1.58. The Hall–Kier alpha value is -1.67. The molecule has 2 aromatic carbocycles. The molecule has 0 aliphatic heterocycles. The molecule has 0 spiro atoms. The summed E-state index contributed by atoms with van der Waals surface area (Å²) in [5, 5.41) is 0.0481. The van der Waals surface area contributed by atoms with Gasteiger partial charge >= 0.3 is 0 Å². The lowest BCUT2D eigenvalue weighted by atomic mass is 10.0. The second-order valence-electron chi connectivity index (χ2n) is 4.85. The van der Waals surface area contributed by atoms with E-state index in [1.807, 2.05) is 30.3 Å². The van der Waals surface area contributed by atoms with Crippen LogP contribution in [-0.2, 0) is 0 Å². The van der Waals surface area contributed by atoms with Gasteiger partial charge in [0.25, 0.3) is 0 Å². The van der Waals surface area contributed by atoms with Crippen LogP contribution >= 0.6 is 11.6 Å². The maximum absolute atomic E-state index is 13.4. The van der Waals surface area contributed by atoms with Crippen molar-refractivity contribution in [2.45, 2.75) is 12.3 Å². The molecule has 0 N–H and O–H groups in total. The van der Waals surface area contributed by atoms with Gasteiger partial charge in [-0.15, -0.1) is 0 Å². The summed E-state index contributed by atoms with van der Waals surface area (Å²) in [4.78, 5) is 12.2. The predicted molar refractivity (Wildman–Crippen MR) is 73.0 cm³/mol. The zero-order valence-corrected chi connectivity index (χ0v) is 10.9. The van der Waals surface area contributed by atoms with Crippen LogP contribution in [0.1, 0.15) is 28.3 Å². The molecule has 1 aliphatic rings. The van der Waals surface area contributed by atoms with E-state index in [0.717, 1.165) is 6.42 Å². The number of rotatable bonds is 3. The van der Waals surface area contributed by atoms with Gasteiger partial charge in [-0.25, -0.2) is 4.39 Å². The first-order valence-electron chi connectivity index (χ1n) is 6.21. The van der Waals surface area contributed by atoms with Crippen molar-refractivity contribution in [2.24, 2.45) is 5.92 Å². The number of hydrogen-bond donors (Lipinski definition) is 0. The van der Waals surface area contributed by atoms with E-state index in [2.05, 4.69) is 0 Å². The minimum Gasteiger partial charge on any atom is -0.294 e. The molecule has 96 valence electrons. The predicted octanol–water partition coefficient (Wildman–Crippen LogP) is 4.47. The molecule has 1 saturated carbocycles. The quantitative estimate of drug-likeness (QED) is 0.755. The fraction of sp³-hybridized carbons (Fsp3) is 0.188. The number of carbonyl (C=O) groups excluding carboxylic acids is 1. The summed E-state index contributed by atoms with van der Waals surface area (Å²) < 4.78 is 13.4. The van der Waals surface area contributed by atoms with Gasteiger partial charge in [0.2, 0.25) is 0 Å². The first-order chi connectivity index (χ1) is 9.16. The highest BCUT2D eigenvalue weighted by Gasteiger charge is 2.43. The number of benzene rings is 2. The Kier molecular flexibility index (Phi) is 3.11. The Labute approximate surface area is 116 Å². The number of hydrogen-bond acceptors (Lipinski definition) is 1. The second-order valence-corrected chi connectivity index (χ2v) is 5.26. The molecule has 0 amide bonds. The molecule has 0 radical (unpaired) electrons. The fourth-order valence-electron chi connectivity index (χ4n) is 2.42. The Bertz CT molecular complexity index is 624. The number of carbonyl (C=O) groups is 1. The number of halogens is 2. The van der Waals surface area contributed by atoms with Crippen LogP contribution in [0.25, 0.3) is 0 Å². The summed E-state index contributed by atoms with van der Waals surface area (Å²) in [7, 11) is 0. The first kappa shape index (κ1) is 12.4. The molecule has 0 bridgehead atoms. The molecule has 2 atom stereocenters. The van der Waals surface area contributed by atoms with E-state index < -0.39 is 5.82 Å². The van der Waals surface area contributed by atoms with Crippen molar-refractivity contribution in [3.63, 3.8) is 0 Å². The maximum Gasteiger partial charge on any atom is 0.166 e. The van der Waals surface area contributed by atoms with Crippen LogP contribution in [0.5, 0.6) is 0 Å². The van der Waals surface area contributed by atoms with Gasteiger partial charge in [-0.3, -0.25) is 4.79 Å². The van der Waals surface area contributed by atoms with E-state index in [-0.39, 0.29) is 22.6 Å². The van der Waals surface area contributed by atoms with Crippen molar-refractivity contribution < 1.29 is 9.18 Å². The molecule has 1 nitrogen and oxygen atoms in total. The highest BCUT2D eigenvalue weighted by molar-refractivity contribution is 6.30. The maximum atomic E-state index is 13.4. The highest BCUT2D eigenvalue weighted by Crippen LogP contribution is 2.49. The molecule has 2 unspecified atom stereocenters. The van der Waals surface area contributed by atoms with Crippen molar-refractivity contribution in [1.29, 1.82) is 0 Å². The summed E-state index contributed by atoms with van der Waals surface area (Å²) in [6, 6.07) is 14.2. The van der Waals surface area contributed by atoms with E-state index in [9.17, 15) is 9.18 Å². The molecule has 2 aromatic rings. The van der Waals surface area contributed by atoms with Crippen molar-refractivity contribution in [3.05, 3.63) is 70.5 Å². The SMILES string of the molecule is O=C(c1ccc(Cl)c(F)c1)C1CC1c1ccccc1. The minimum atomic E-state index is -0.538. The van der Waals surface area contributed by atoms with Gasteiger partial charge in [0.1, 0.15) is 5.82 Å². The van der Waals surface area contributed by atoms with Crippen LogP contribution in [0.2, 0.25) is 5.02 Å². The summed E-state index contributed by atoms with van der Waals surface area (Å²) >= 11 is 5.62. The highest BCUT2D eigenvalue weighted by atomic mass is 35.5. The van der Waals surface area contributed by atoms with Gasteiger partial charge in [-0.05, 0) is 36.1 Å². The fourth-order valence-corrected chi connectivity index (χ4v) is 2.53. The normalized spacial score (nSPS) is 21.2. The monoisotopic (exact) mass is 274 g/mol. The smallest absolute Gasteiger partial charge is 0.166 e. The van der Waals surface area contributed by atoms with E-state index in [0.29, 0.717) is 5.56 Å². The van der Waals surface area contributed by atoms with Gasteiger partial charge in [0.15, 0.2) is 5.78 Å². The summed E-state index contributed by atoms with van der Waals surface area (Å²) in [6.07, 6.45) is 0.840. The van der Waals surface area contributed by atoms with Gasteiger partial charge in [-0.2, -0.15) is 0 Å².